The van der Waals surface area contributed by atoms with Gasteiger partial charge in [-0.1, -0.05) is 54.6 Å². The van der Waals surface area contributed by atoms with Gasteiger partial charge in [-0.2, -0.15) is 5.11 Å². The van der Waals surface area contributed by atoms with E-state index in [-0.39, 0.29) is 41.3 Å². The van der Waals surface area contributed by atoms with E-state index in [1.165, 1.54) is 6.20 Å². The Labute approximate surface area is 201 Å². The van der Waals surface area contributed by atoms with Crippen molar-refractivity contribution in [3.05, 3.63) is 102 Å². The fourth-order valence-electron chi connectivity index (χ4n) is 2.99. The fourth-order valence-corrected chi connectivity index (χ4v) is 2.99. The molecule has 0 spiro atoms. The Hall–Kier alpha value is -4.21. The van der Waals surface area contributed by atoms with Gasteiger partial charge >= 0.3 is 19.5 Å². The number of carbonyl (C=O) groups excluding carboxylic acids is 2. The van der Waals surface area contributed by atoms with Crippen LogP contribution in [0.1, 0.15) is 0 Å². The zero-order valence-electron chi connectivity index (χ0n) is 17.1. The van der Waals surface area contributed by atoms with Gasteiger partial charge in [-0.25, -0.2) is 14.6 Å². The predicted molar refractivity (Wildman–Crippen MR) is 120 cm³/mol. The largest absolute Gasteiger partial charge is 1.00 e. The van der Waals surface area contributed by atoms with Crippen LogP contribution in [0.2, 0.25) is 0 Å². The summed E-state index contributed by atoms with van der Waals surface area (Å²) in [5.41, 5.74) is 2.54. The predicted octanol–water partition coefficient (Wildman–Crippen LogP) is 4.58. The second kappa shape index (κ2) is 11.4. The third kappa shape index (κ3) is 5.54. The van der Waals surface area contributed by atoms with E-state index in [1.807, 2.05) is 54.5 Å². The van der Waals surface area contributed by atoms with Crippen molar-refractivity contribution in [3.63, 3.8) is 0 Å². The molecule has 0 saturated carbocycles. The smallest absolute Gasteiger partial charge is 0.234 e. The third-order valence-electron chi connectivity index (χ3n) is 4.49. The van der Waals surface area contributed by atoms with Gasteiger partial charge < -0.3 is 0 Å². The third-order valence-corrected chi connectivity index (χ3v) is 4.49. The van der Waals surface area contributed by atoms with Crippen molar-refractivity contribution in [1.82, 2.24) is 4.98 Å². The first-order valence-corrected chi connectivity index (χ1v) is 9.62. The van der Waals surface area contributed by atoms with Crippen LogP contribution in [0, 0.1) is 0 Å². The molecule has 0 amide bonds. The summed E-state index contributed by atoms with van der Waals surface area (Å²) in [7, 11) is 0. The van der Waals surface area contributed by atoms with Crippen LogP contribution in [0.15, 0.2) is 112 Å². The molecule has 0 N–H and O–H groups in total. The first-order chi connectivity index (χ1) is 15.8. The molecule has 8 heteroatoms. The molecule has 33 heavy (non-hydrogen) atoms. The molecule has 0 aliphatic rings. The molecule has 0 unspecified atom stereocenters. The minimum atomic E-state index is -0.0246. The van der Waals surface area contributed by atoms with E-state index in [0.29, 0.717) is 22.6 Å². The van der Waals surface area contributed by atoms with Crippen LogP contribution in [0.4, 0.5) is 22.9 Å². The van der Waals surface area contributed by atoms with Crippen molar-refractivity contribution >= 4 is 34.8 Å². The molecule has 0 aliphatic carbocycles. The fraction of sp³-hybridized carbons (Fsp3) is 0. The average Bonchev–Trinajstić information content (AvgIpc) is 2.87. The maximum Gasteiger partial charge on any atom is 1.00 e. The molecule has 0 bridgehead atoms. The van der Waals surface area contributed by atoms with Gasteiger partial charge in [-0.3, -0.25) is 0 Å². The van der Waals surface area contributed by atoms with E-state index in [1.54, 1.807) is 42.3 Å². The molecular formula is C25H15N5O2Ru+. The number of azo groups is 2. The van der Waals surface area contributed by atoms with E-state index < -0.39 is 0 Å². The summed E-state index contributed by atoms with van der Waals surface area (Å²) in [6.07, 6.45) is 1.23. The van der Waals surface area contributed by atoms with Gasteiger partial charge in [0, 0.05) is 11.8 Å². The minimum absolute atomic E-state index is 0. The van der Waals surface area contributed by atoms with Crippen LogP contribution in [0.3, 0.4) is 0 Å². The number of pyridine rings is 1. The summed E-state index contributed by atoms with van der Waals surface area (Å²) in [6, 6.07) is 25.4. The van der Waals surface area contributed by atoms with Crippen LogP contribution in [-0.2, 0) is 29.1 Å². The van der Waals surface area contributed by atoms with E-state index in [0.717, 1.165) is 0 Å². The van der Waals surface area contributed by atoms with E-state index in [9.17, 15) is 9.59 Å². The zero-order valence-corrected chi connectivity index (χ0v) is 18.8. The molecule has 1 heterocycles. The summed E-state index contributed by atoms with van der Waals surface area (Å²) >= 11 is 0. The first kappa shape index (κ1) is 23.5. The molecule has 3 aromatic carbocycles. The van der Waals surface area contributed by atoms with E-state index in [2.05, 4.69) is 25.4 Å². The molecular weight excluding hydrogens is 503 g/mol. The molecule has 1 aromatic heterocycles. The van der Waals surface area contributed by atoms with Gasteiger partial charge in [-0.05, 0) is 30.3 Å². The second-order valence-electron chi connectivity index (χ2n) is 6.54. The van der Waals surface area contributed by atoms with Crippen LogP contribution in [0.25, 0.3) is 11.1 Å². The number of aromatic nitrogens is 1. The van der Waals surface area contributed by atoms with Crippen LogP contribution in [0.5, 0.6) is 0 Å². The Morgan fingerprint density at radius 3 is 1.82 bits per heavy atom. The summed E-state index contributed by atoms with van der Waals surface area (Å²) in [4.78, 5) is 27.5. The molecule has 7 nitrogen and oxygen atoms in total. The Morgan fingerprint density at radius 2 is 1.21 bits per heavy atom. The normalized spacial score (nSPS) is 10.5. The maximum absolute atomic E-state index is 11.8. The van der Waals surface area contributed by atoms with Crippen LogP contribution >= 0.6 is 0 Å². The van der Waals surface area contributed by atoms with E-state index >= 15 is 0 Å². The number of benzene rings is 3. The molecule has 4 rings (SSSR count). The van der Waals surface area contributed by atoms with Crippen LogP contribution in [-0.4, -0.2) is 16.9 Å². The number of hydrogen-bond acceptors (Lipinski definition) is 7. The minimum Gasteiger partial charge on any atom is -0.234 e. The van der Waals surface area contributed by atoms with Crippen molar-refractivity contribution in [3.8, 4) is 11.1 Å². The van der Waals surface area contributed by atoms with Gasteiger partial charge in [0.15, 0.2) is 5.82 Å². The average molecular weight is 518 g/mol. The molecule has 4 aromatic rings. The van der Waals surface area contributed by atoms with Crippen LogP contribution < -0.4 is 10.4 Å². The Morgan fingerprint density at radius 1 is 0.636 bits per heavy atom. The van der Waals surface area contributed by atoms with Crippen molar-refractivity contribution in [2.45, 2.75) is 0 Å². The van der Waals surface area contributed by atoms with E-state index in [4.69, 9.17) is 0 Å². The zero-order chi connectivity index (χ0) is 22.2. The topological polar surface area (TPSA) is 96.5 Å². The number of rotatable bonds is 5. The molecule has 0 atom stereocenters. The SMILES string of the molecule is O=C=c1cnc(N=Nc2ccccc2)c(-c2ccccc2N=Nc2ccccc2)c1=C=O.[Ru+]. The summed E-state index contributed by atoms with van der Waals surface area (Å²) in [5, 5.41) is 17.0. The van der Waals surface area contributed by atoms with Gasteiger partial charge in [0.1, 0.15) is 11.9 Å². The first-order valence-electron chi connectivity index (χ1n) is 9.62. The van der Waals surface area contributed by atoms with Crippen molar-refractivity contribution in [2.24, 2.45) is 20.5 Å². The summed E-state index contributed by atoms with van der Waals surface area (Å²) in [5.74, 6) is 3.71. The molecule has 1 radical (unpaired) electrons. The van der Waals surface area contributed by atoms with Gasteiger partial charge in [-0.15, -0.1) is 15.3 Å². The Bertz CT molecular complexity index is 1480. The summed E-state index contributed by atoms with van der Waals surface area (Å²) < 4.78 is 0. The standard InChI is InChI=1S/C25H15N5O2.Ru/c31-16-18-15-26-25(30-28-20-11-5-2-6-12-20)24(22(18)17-32)21-13-7-8-14-23(21)29-27-19-9-3-1-4-10-19;/h1-15H;/q;+1. The Balaban J connectivity index is 0.00000306. The molecule has 0 fully saturated rings. The summed E-state index contributed by atoms with van der Waals surface area (Å²) in [6.45, 7) is 0. The maximum atomic E-state index is 11.8. The Kier molecular flexibility index (Phi) is 8.12. The number of hydrogen-bond donors (Lipinski definition) is 0. The monoisotopic (exact) mass is 519 g/mol. The quantitative estimate of drug-likeness (QED) is 0.286. The van der Waals surface area contributed by atoms with Gasteiger partial charge in [0.2, 0.25) is 0 Å². The molecule has 0 saturated heterocycles. The number of nitrogens with zero attached hydrogens (tertiary/aromatic N) is 5. The van der Waals surface area contributed by atoms with Crippen molar-refractivity contribution in [2.75, 3.05) is 0 Å². The molecule has 159 valence electrons. The van der Waals surface area contributed by atoms with Crippen molar-refractivity contribution in [1.29, 1.82) is 0 Å². The van der Waals surface area contributed by atoms with Gasteiger partial charge in [0.05, 0.1) is 33.1 Å². The van der Waals surface area contributed by atoms with Crippen molar-refractivity contribution < 1.29 is 29.1 Å². The van der Waals surface area contributed by atoms with Gasteiger partial charge in [0.25, 0.3) is 0 Å². The second-order valence-corrected chi connectivity index (χ2v) is 6.54. The molecule has 0 aliphatic heterocycles.